The van der Waals surface area contributed by atoms with E-state index in [1.165, 1.54) is 12.1 Å². The Hall–Kier alpha value is -2.14. The first kappa shape index (κ1) is 13.3. The van der Waals surface area contributed by atoms with Crippen LogP contribution in [-0.2, 0) is 6.61 Å². The third-order valence-corrected chi connectivity index (χ3v) is 2.69. The quantitative estimate of drug-likeness (QED) is 0.629. The standard InChI is InChI=1S/C13H9ClFNO3/c14-10-6-4-9(5-7-10)8-19-12-3-1-2-11(15)13(12)16(17)18/h1-7H,8H2. The number of hydrogen-bond donors (Lipinski definition) is 0. The number of nitro groups is 1. The fraction of sp³-hybridized carbons (Fsp3) is 0.0769. The average molecular weight is 282 g/mol. The van der Waals surface area contributed by atoms with Crippen LogP contribution in [0.5, 0.6) is 5.75 Å². The molecule has 0 aliphatic carbocycles. The van der Waals surface area contributed by atoms with Gasteiger partial charge >= 0.3 is 5.69 Å². The van der Waals surface area contributed by atoms with E-state index in [9.17, 15) is 14.5 Å². The molecular formula is C13H9ClFNO3. The van der Waals surface area contributed by atoms with Gasteiger partial charge in [0.15, 0.2) is 0 Å². The van der Waals surface area contributed by atoms with Crippen LogP contribution in [0.2, 0.25) is 5.02 Å². The molecule has 2 aromatic rings. The van der Waals surface area contributed by atoms with Crippen LogP contribution in [0.3, 0.4) is 0 Å². The maximum Gasteiger partial charge on any atom is 0.346 e. The molecule has 0 amide bonds. The molecule has 4 nitrogen and oxygen atoms in total. The van der Waals surface area contributed by atoms with Gasteiger partial charge in [0.05, 0.1) is 4.92 Å². The largest absolute Gasteiger partial charge is 0.482 e. The summed E-state index contributed by atoms with van der Waals surface area (Å²) >= 11 is 5.74. The lowest BCUT2D eigenvalue weighted by atomic mass is 10.2. The summed E-state index contributed by atoms with van der Waals surface area (Å²) in [6, 6.07) is 10.6. The predicted molar refractivity (Wildman–Crippen MR) is 68.8 cm³/mol. The number of halogens is 2. The first-order valence-electron chi connectivity index (χ1n) is 5.38. The van der Waals surface area contributed by atoms with Gasteiger partial charge < -0.3 is 4.74 Å². The molecule has 0 aliphatic heterocycles. The van der Waals surface area contributed by atoms with Gasteiger partial charge in [0, 0.05) is 5.02 Å². The molecular weight excluding hydrogens is 273 g/mol. The Morgan fingerprint density at radius 2 is 1.89 bits per heavy atom. The van der Waals surface area contributed by atoms with E-state index in [0.29, 0.717) is 5.02 Å². The van der Waals surface area contributed by atoms with Gasteiger partial charge in [-0.15, -0.1) is 0 Å². The zero-order valence-corrected chi connectivity index (χ0v) is 10.4. The Kier molecular flexibility index (Phi) is 3.97. The lowest BCUT2D eigenvalue weighted by Gasteiger charge is -2.07. The summed E-state index contributed by atoms with van der Waals surface area (Å²) in [4.78, 5) is 9.97. The van der Waals surface area contributed by atoms with E-state index < -0.39 is 16.4 Å². The number of hydrogen-bond acceptors (Lipinski definition) is 3. The second-order valence-corrected chi connectivity index (χ2v) is 4.20. The Labute approximate surface area is 113 Å². The van der Waals surface area contributed by atoms with Gasteiger partial charge in [0.1, 0.15) is 6.61 Å². The van der Waals surface area contributed by atoms with Crippen LogP contribution >= 0.6 is 11.6 Å². The first-order valence-corrected chi connectivity index (χ1v) is 5.76. The van der Waals surface area contributed by atoms with Gasteiger partial charge in [-0.05, 0) is 29.8 Å². The summed E-state index contributed by atoms with van der Waals surface area (Å²) in [6.07, 6.45) is 0. The van der Waals surface area contributed by atoms with Crippen molar-refractivity contribution in [1.82, 2.24) is 0 Å². The van der Waals surface area contributed by atoms with Crippen LogP contribution in [-0.4, -0.2) is 4.92 Å². The first-order chi connectivity index (χ1) is 9.08. The molecule has 0 unspecified atom stereocenters. The molecule has 98 valence electrons. The van der Waals surface area contributed by atoms with Crippen molar-refractivity contribution in [2.75, 3.05) is 0 Å². The second kappa shape index (κ2) is 5.67. The van der Waals surface area contributed by atoms with Crippen molar-refractivity contribution in [3.8, 4) is 5.75 Å². The van der Waals surface area contributed by atoms with Crippen molar-refractivity contribution in [2.45, 2.75) is 6.61 Å². The Morgan fingerprint density at radius 3 is 2.53 bits per heavy atom. The highest BCUT2D eigenvalue weighted by Crippen LogP contribution is 2.30. The minimum atomic E-state index is -0.918. The number of ether oxygens (including phenoxy) is 1. The monoisotopic (exact) mass is 281 g/mol. The van der Waals surface area contributed by atoms with Crippen molar-refractivity contribution in [2.24, 2.45) is 0 Å². The van der Waals surface area contributed by atoms with Crippen LogP contribution in [0.4, 0.5) is 10.1 Å². The molecule has 0 spiro atoms. The van der Waals surface area contributed by atoms with Gasteiger partial charge in [0.2, 0.25) is 11.6 Å². The number of benzene rings is 2. The van der Waals surface area contributed by atoms with Crippen LogP contribution < -0.4 is 4.74 Å². The molecule has 0 radical (unpaired) electrons. The molecule has 0 bridgehead atoms. The summed E-state index contributed by atoms with van der Waals surface area (Å²) < 4.78 is 18.6. The van der Waals surface area contributed by atoms with Crippen LogP contribution in [0.15, 0.2) is 42.5 Å². The lowest BCUT2D eigenvalue weighted by Crippen LogP contribution is -2.00. The van der Waals surface area contributed by atoms with Gasteiger partial charge in [-0.25, -0.2) is 0 Å². The van der Waals surface area contributed by atoms with Crippen LogP contribution in [0, 0.1) is 15.9 Å². The summed E-state index contributed by atoms with van der Waals surface area (Å²) in [7, 11) is 0. The molecule has 0 heterocycles. The molecule has 0 saturated heterocycles. The second-order valence-electron chi connectivity index (χ2n) is 3.76. The Morgan fingerprint density at radius 1 is 1.21 bits per heavy atom. The average Bonchev–Trinajstić information content (AvgIpc) is 2.37. The van der Waals surface area contributed by atoms with Crippen molar-refractivity contribution >= 4 is 17.3 Å². The van der Waals surface area contributed by atoms with Gasteiger partial charge in [0.25, 0.3) is 0 Å². The third-order valence-electron chi connectivity index (χ3n) is 2.44. The highest BCUT2D eigenvalue weighted by Gasteiger charge is 2.20. The fourth-order valence-corrected chi connectivity index (χ4v) is 1.66. The normalized spacial score (nSPS) is 10.2. The smallest absolute Gasteiger partial charge is 0.346 e. The minimum absolute atomic E-state index is 0.0973. The van der Waals surface area contributed by atoms with E-state index in [1.54, 1.807) is 24.3 Å². The minimum Gasteiger partial charge on any atom is -0.482 e. The molecule has 0 atom stereocenters. The summed E-state index contributed by atoms with van der Waals surface area (Å²) in [5.74, 6) is -1.02. The molecule has 0 aliphatic rings. The van der Waals surface area contributed by atoms with E-state index in [-0.39, 0.29) is 12.4 Å². The molecule has 19 heavy (non-hydrogen) atoms. The molecule has 0 fully saturated rings. The van der Waals surface area contributed by atoms with E-state index in [0.717, 1.165) is 11.6 Å². The highest BCUT2D eigenvalue weighted by molar-refractivity contribution is 6.30. The SMILES string of the molecule is O=[N+]([O-])c1c(F)cccc1OCc1ccc(Cl)cc1. The Bertz CT molecular complexity index is 601. The maximum absolute atomic E-state index is 13.3. The summed E-state index contributed by atoms with van der Waals surface area (Å²) in [5.41, 5.74) is 0.124. The fourth-order valence-electron chi connectivity index (χ4n) is 1.53. The number of para-hydroxylation sites is 1. The zero-order valence-electron chi connectivity index (χ0n) is 9.68. The molecule has 0 saturated carbocycles. The van der Waals surface area contributed by atoms with E-state index in [2.05, 4.69) is 0 Å². The lowest BCUT2D eigenvalue weighted by molar-refractivity contribution is -0.388. The number of nitrogens with zero attached hydrogens (tertiary/aromatic N) is 1. The zero-order chi connectivity index (χ0) is 13.8. The van der Waals surface area contributed by atoms with Crippen LogP contribution in [0.25, 0.3) is 0 Å². The van der Waals surface area contributed by atoms with Crippen molar-refractivity contribution in [3.63, 3.8) is 0 Å². The molecule has 6 heteroatoms. The topological polar surface area (TPSA) is 52.4 Å². The summed E-state index contributed by atoms with van der Waals surface area (Å²) in [6.45, 7) is 0.0987. The number of rotatable bonds is 4. The van der Waals surface area contributed by atoms with Crippen LogP contribution in [0.1, 0.15) is 5.56 Å². The molecule has 2 aromatic carbocycles. The van der Waals surface area contributed by atoms with E-state index in [4.69, 9.17) is 16.3 Å². The Balaban J connectivity index is 2.18. The maximum atomic E-state index is 13.3. The summed E-state index contributed by atoms with van der Waals surface area (Å²) in [5, 5.41) is 11.4. The molecule has 2 rings (SSSR count). The highest BCUT2D eigenvalue weighted by atomic mass is 35.5. The number of nitro benzene ring substituents is 1. The predicted octanol–water partition coefficient (Wildman–Crippen LogP) is 3.97. The van der Waals surface area contributed by atoms with Gasteiger partial charge in [-0.2, -0.15) is 4.39 Å². The molecule has 0 aromatic heterocycles. The van der Waals surface area contributed by atoms with Gasteiger partial charge in [-0.1, -0.05) is 29.8 Å². The third kappa shape index (κ3) is 3.20. The van der Waals surface area contributed by atoms with Crippen molar-refractivity contribution in [1.29, 1.82) is 0 Å². The van der Waals surface area contributed by atoms with E-state index >= 15 is 0 Å². The van der Waals surface area contributed by atoms with E-state index in [1.807, 2.05) is 0 Å². The van der Waals surface area contributed by atoms with Gasteiger partial charge in [-0.3, -0.25) is 10.1 Å². The van der Waals surface area contributed by atoms with Crippen molar-refractivity contribution in [3.05, 3.63) is 69.0 Å². The molecule has 0 N–H and O–H groups in total. The van der Waals surface area contributed by atoms with Crippen molar-refractivity contribution < 1.29 is 14.1 Å².